The molecule has 2 nitrogen and oxygen atoms in total. The average molecular weight is 235 g/mol. The Morgan fingerprint density at radius 2 is 2.06 bits per heavy atom. The van der Waals surface area contributed by atoms with Crippen LogP contribution < -0.4 is 0 Å². The number of ketones is 1. The fourth-order valence-electron chi connectivity index (χ4n) is 2.40. The fraction of sp³-hybridized carbons (Fsp3) is 0.500. The van der Waals surface area contributed by atoms with E-state index in [2.05, 4.69) is 0 Å². The van der Waals surface area contributed by atoms with E-state index in [0.717, 1.165) is 12.1 Å². The number of carbonyl (C=O) groups excluding carboxylic acids is 1. The zero-order valence-corrected chi connectivity index (χ0v) is 10.4. The Labute approximate surface area is 101 Å². The summed E-state index contributed by atoms with van der Waals surface area (Å²) in [6.07, 6.45) is 1.04. The molecule has 1 aliphatic rings. The number of nitrogens with zero attached hydrogens (tertiary/aromatic N) is 1. The molecule has 1 aromatic carbocycles. The number of carbonyl (C=O) groups is 1. The maximum absolute atomic E-state index is 14.4. The highest BCUT2D eigenvalue weighted by Gasteiger charge is 2.36. The van der Waals surface area contributed by atoms with E-state index >= 15 is 0 Å². The monoisotopic (exact) mass is 235 g/mol. The van der Waals surface area contributed by atoms with Gasteiger partial charge in [-0.25, -0.2) is 4.39 Å². The number of Topliss-reactive ketones (excluding diaryl/α,β-unsaturated/α-hetero) is 1. The Morgan fingerprint density at radius 3 is 2.53 bits per heavy atom. The summed E-state index contributed by atoms with van der Waals surface area (Å²) in [5, 5.41) is 0. The first-order chi connectivity index (χ1) is 7.98. The lowest BCUT2D eigenvalue weighted by atomic mass is 9.94. The molecule has 0 aromatic heterocycles. The third-order valence-electron chi connectivity index (χ3n) is 3.38. The van der Waals surface area contributed by atoms with Gasteiger partial charge in [-0.2, -0.15) is 0 Å². The molecule has 0 saturated carbocycles. The van der Waals surface area contributed by atoms with E-state index < -0.39 is 5.67 Å². The van der Waals surface area contributed by atoms with E-state index in [1.807, 2.05) is 24.1 Å². The van der Waals surface area contributed by atoms with Crippen molar-refractivity contribution >= 4 is 5.78 Å². The predicted molar refractivity (Wildman–Crippen MR) is 66.1 cm³/mol. The van der Waals surface area contributed by atoms with Gasteiger partial charge in [0.2, 0.25) is 0 Å². The van der Waals surface area contributed by atoms with Gasteiger partial charge in [0, 0.05) is 25.1 Å². The third kappa shape index (κ3) is 2.91. The maximum Gasteiger partial charge on any atom is 0.159 e. The van der Waals surface area contributed by atoms with Gasteiger partial charge >= 0.3 is 0 Å². The summed E-state index contributed by atoms with van der Waals surface area (Å²) in [6.45, 7) is 2.86. The molecule has 0 N–H and O–H groups in total. The molecule has 3 heteroatoms. The van der Waals surface area contributed by atoms with E-state index in [1.165, 1.54) is 6.92 Å². The summed E-state index contributed by atoms with van der Waals surface area (Å²) >= 11 is 0. The zero-order chi connectivity index (χ0) is 12.5. The van der Waals surface area contributed by atoms with Crippen LogP contribution in [-0.4, -0.2) is 36.5 Å². The molecule has 1 saturated heterocycles. The van der Waals surface area contributed by atoms with E-state index in [0.29, 0.717) is 24.9 Å². The van der Waals surface area contributed by atoms with Crippen molar-refractivity contribution in [2.75, 3.05) is 20.1 Å². The van der Waals surface area contributed by atoms with Crippen LogP contribution in [0.15, 0.2) is 24.3 Å². The molecule has 1 fully saturated rings. The Kier molecular flexibility index (Phi) is 3.29. The Bertz CT molecular complexity index is 415. The van der Waals surface area contributed by atoms with E-state index in [1.54, 1.807) is 12.1 Å². The molecule has 92 valence electrons. The smallest absolute Gasteiger partial charge is 0.159 e. The number of alkyl halides is 1. The summed E-state index contributed by atoms with van der Waals surface area (Å²) < 4.78 is 14.4. The lowest BCUT2D eigenvalue weighted by Crippen LogP contribution is -2.29. The molecule has 2 rings (SSSR count). The van der Waals surface area contributed by atoms with Crippen LogP contribution in [-0.2, 0) is 6.42 Å². The minimum absolute atomic E-state index is 0.0483. The molecule has 0 aliphatic carbocycles. The van der Waals surface area contributed by atoms with Crippen LogP contribution in [0, 0.1) is 0 Å². The lowest BCUT2D eigenvalue weighted by molar-refractivity contribution is 0.101. The molecule has 1 aliphatic heterocycles. The molecule has 1 aromatic rings. The maximum atomic E-state index is 14.4. The molecule has 1 unspecified atom stereocenters. The van der Waals surface area contributed by atoms with Crippen molar-refractivity contribution in [1.29, 1.82) is 0 Å². The Morgan fingerprint density at radius 1 is 1.41 bits per heavy atom. The van der Waals surface area contributed by atoms with Gasteiger partial charge in [-0.3, -0.25) is 4.79 Å². The first kappa shape index (κ1) is 12.2. The third-order valence-corrected chi connectivity index (χ3v) is 3.38. The van der Waals surface area contributed by atoms with Crippen LogP contribution in [0.2, 0.25) is 0 Å². The van der Waals surface area contributed by atoms with Gasteiger partial charge in [0.25, 0.3) is 0 Å². The highest BCUT2D eigenvalue weighted by Crippen LogP contribution is 2.28. The molecular formula is C14H18FNO. The van der Waals surface area contributed by atoms with Crippen molar-refractivity contribution in [2.24, 2.45) is 0 Å². The quantitative estimate of drug-likeness (QED) is 0.750. The predicted octanol–water partition coefficient (Wildman–Crippen LogP) is 2.48. The van der Waals surface area contributed by atoms with Crippen molar-refractivity contribution < 1.29 is 9.18 Å². The normalized spacial score (nSPS) is 25.1. The second-order valence-electron chi connectivity index (χ2n) is 5.07. The SMILES string of the molecule is CC(=O)c1ccc(CC2(F)CCN(C)C2)cc1. The minimum Gasteiger partial charge on any atom is -0.303 e. The number of hydrogen-bond donors (Lipinski definition) is 0. The molecule has 0 radical (unpaired) electrons. The van der Waals surface area contributed by atoms with Gasteiger partial charge in [0.1, 0.15) is 5.67 Å². The van der Waals surface area contributed by atoms with Crippen molar-refractivity contribution in [3.8, 4) is 0 Å². The molecule has 17 heavy (non-hydrogen) atoms. The van der Waals surface area contributed by atoms with Gasteiger partial charge in [-0.05, 0) is 26.0 Å². The number of hydrogen-bond acceptors (Lipinski definition) is 2. The molecule has 0 spiro atoms. The average Bonchev–Trinajstić information content (AvgIpc) is 2.59. The minimum atomic E-state index is -1.10. The molecule has 0 bridgehead atoms. The van der Waals surface area contributed by atoms with E-state index in [9.17, 15) is 9.18 Å². The van der Waals surface area contributed by atoms with Crippen LogP contribution >= 0.6 is 0 Å². The molecule has 1 atom stereocenters. The van der Waals surface area contributed by atoms with Gasteiger partial charge in [0.15, 0.2) is 5.78 Å². The first-order valence-corrected chi connectivity index (χ1v) is 5.96. The summed E-state index contributed by atoms with van der Waals surface area (Å²) in [5.74, 6) is 0.0483. The van der Waals surface area contributed by atoms with Gasteiger partial charge < -0.3 is 4.90 Å². The van der Waals surface area contributed by atoms with Crippen LogP contribution in [0.4, 0.5) is 4.39 Å². The highest BCUT2D eigenvalue weighted by atomic mass is 19.1. The number of likely N-dealkylation sites (tertiary alicyclic amines) is 1. The Balaban J connectivity index is 2.06. The van der Waals surface area contributed by atoms with Crippen molar-refractivity contribution in [3.05, 3.63) is 35.4 Å². The number of halogens is 1. The number of benzene rings is 1. The first-order valence-electron chi connectivity index (χ1n) is 5.96. The van der Waals surface area contributed by atoms with Gasteiger partial charge in [0.05, 0.1) is 0 Å². The van der Waals surface area contributed by atoms with Crippen LogP contribution in [0.3, 0.4) is 0 Å². The summed E-state index contributed by atoms with van der Waals surface area (Å²) in [5.41, 5.74) is 0.546. The fourth-order valence-corrected chi connectivity index (χ4v) is 2.40. The van der Waals surface area contributed by atoms with Gasteiger partial charge in [-0.1, -0.05) is 24.3 Å². The van der Waals surface area contributed by atoms with Crippen LogP contribution in [0.5, 0.6) is 0 Å². The molecular weight excluding hydrogens is 217 g/mol. The zero-order valence-electron chi connectivity index (χ0n) is 10.4. The molecule has 0 amide bonds. The number of rotatable bonds is 3. The lowest BCUT2D eigenvalue weighted by Gasteiger charge is -2.19. The van der Waals surface area contributed by atoms with Crippen LogP contribution in [0.25, 0.3) is 0 Å². The van der Waals surface area contributed by atoms with E-state index in [4.69, 9.17) is 0 Å². The van der Waals surface area contributed by atoms with Gasteiger partial charge in [-0.15, -0.1) is 0 Å². The summed E-state index contributed by atoms with van der Waals surface area (Å²) in [6, 6.07) is 7.27. The largest absolute Gasteiger partial charge is 0.303 e. The van der Waals surface area contributed by atoms with E-state index in [-0.39, 0.29) is 5.78 Å². The van der Waals surface area contributed by atoms with Crippen molar-refractivity contribution in [3.63, 3.8) is 0 Å². The second-order valence-corrected chi connectivity index (χ2v) is 5.07. The highest BCUT2D eigenvalue weighted by molar-refractivity contribution is 5.93. The summed E-state index contributed by atoms with van der Waals surface area (Å²) in [4.78, 5) is 13.1. The topological polar surface area (TPSA) is 20.3 Å². The Hall–Kier alpha value is -1.22. The van der Waals surface area contributed by atoms with Crippen molar-refractivity contribution in [2.45, 2.75) is 25.4 Å². The van der Waals surface area contributed by atoms with Crippen molar-refractivity contribution in [1.82, 2.24) is 4.90 Å². The summed E-state index contributed by atoms with van der Waals surface area (Å²) in [7, 11) is 1.94. The standard InChI is InChI=1S/C14H18FNO/c1-11(17)13-5-3-12(4-6-13)9-14(15)7-8-16(2)10-14/h3-6H,7-10H2,1-2H3. The molecule has 1 heterocycles. The van der Waals surface area contributed by atoms with Crippen LogP contribution in [0.1, 0.15) is 29.3 Å². The second kappa shape index (κ2) is 4.57.